The predicted octanol–water partition coefficient (Wildman–Crippen LogP) is 2.59. The zero-order chi connectivity index (χ0) is 12.4. The number of piperazine rings is 1. The number of rotatable bonds is 3. The van der Waals surface area contributed by atoms with E-state index in [0.717, 1.165) is 32.1 Å². The number of aromatic nitrogens is 1. The number of nitrogens with one attached hydrogen (secondary N) is 1. The van der Waals surface area contributed by atoms with E-state index in [9.17, 15) is 0 Å². The van der Waals surface area contributed by atoms with Crippen LogP contribution in [0.25, 0.3) is 0 Å². The summed E-state index contributed by atoms with van der Waals surface area (Å²) in [6, 6.07) is 0.635. The van der Waals surface area contributed by atoms with E-state index < -0.39 is 0 Å². The van der Waals surface area contributed by atoms with E-state index in [-0.39, 0.29) is 0 Å². The second-order valence-electron chi connectivity index (χ2n) is 5.68. The third-order valence-corrected chi connectivity index (χ3v) is 5.33. The number of thiazole rings is 1. The predicted molar refractivity (Wildman–Crippen MR) is 76.1 cm³/mol. The van der Waals surface area contributed by atoms with Gasteiger partial charge < -0.3 is 5.32 Å². The summed E-state index contributed by atoms with van der Waals surface area (Å²) in [5.74, 6) is 0.768. The third kappa shape index (κ3) is 2.76. The quantitative estimate of drug-likeness (QED) is 0.910. The summed E-state index contributed by atoms with van der Waals surface area (Å²) in [6.07, 6.45) is 5.51. The molecule has 1 N–H and O–H groups in total. The highest BCUT2D eigenvalue weighted by Crippen LogP contribution is 2.35. The van der Waals surface area contributed by atoms with Gasteiger partial charge in [-0.05, 0) is 19.8 Å². The largest absolute Gasteiger partial charge is 0.314 e. The molecule has 2 aliphatic rings. The zero-order valence-electron chi connectivity index (χ0n) is 11.2. The van der Waals surface area contributed by atoms with Crippen LogP contribution in [0, 0.1) is 0 Å². The maximum atomic E-state index is 4.88. The molecule has 1 aliphatic carbocycles. The molecular formula is C14H23N3S. The molecule has 1 atom stereocenters. The first-order chi connectivity index (χ1) is 8.83. The molecule has 3 nitrogen and oxygen atoms in total. The van der Waals surface area contributed by atoms with E-state index in [1.807, 2.05) is 11.3 Å². The van der Waals surface area contributed by atoms with E-state index in [1.165, 1.54) is 36.4 Å². The average Bonchev–Trinajstić information content (AvgIpc) is 3.02. The van der Waals surface area contributed by atoms with Gasteiger partial charge in [0.2, 0.25) is 0 Å². The van der Waals surface area contributed by atoms with E-state index >= 15 is 0 Å². The van der Waals surface area contributed by atoms with Gasteiger partial charge in [0.15, 0.2) is 0 Å². The van der Waals surface area contributed by atoms with Gasteiger partial charge in [-0.25, -0.2) is 4.98 Å². The molecule has 0 aromatic carbocycles. The van der Waals surface area contributed by atoms with Crippen molar-refractivity contribution in [1.82, 2.24) is 15.2 Å². The Labute approximate surface area is 114 Å². The van der Waals surface area contributed by atoms with Crippen LogP contribution in [0.5, 0.6) is 0 Å². The fraction of sp³-hybridized carbons (Fsp3) is 0.786. The lowest BCUT2D eigenvalue weighted by Gasteiger charge is -2.33. The minimum Gasteiger partial charge on any atom is -0.314 e. The van der Waals surface area contributed by atoms with Crippen molar-refractivity contribution in [3.05, 3.63) is 16.1 Å². The Hall–Kier alpha value is -0.450. The topological polar surface area (TPSA) is 28.2 Å². The second-order valence-corrected chi connectivity index (χ2v) is 6.57. The molecular weight excluding hydrogens is 242 g/mol. The van der Waals surface area contributed by atoms with Crippen molar-refractivity contribution in [2.24, 2.45) is 0 Å². The lowest BCUT2D eigenvalue weighted by molar-refractivity contribution is 0.164. The molecule has 0 radical (unpaired) electrons. The summed E-state index contributed by atoms with van der Waals surface area (Å²) < 4.78 is 0. The average molecular weight is 265 g/mol. The maximum absolute atomic E-state index is 4.88. The van der Waals surface area contributed by atoms with Gasteiger partial charge in [0, 0.05) is 43.5 Å². The van der Waals surface area contributed by atoms with E-state index in [4.69, 9.17) is 4.98 Å². The Morgan fingerprint density at radius 3 is 3.06 bits per heavy atom. The van der Waals surface area contributed by atoms with Crippen LogP contribution >= 0.6 is 11.3 Å². The maximum Gasteiger partial charge on any atom is 0.0959 e. The van der Waals surface area contributed by atoms with Crippen molar-refractivity contribution >= 4 is 11.3 Å². The van der Waals surface area contributed by atoms with E-state index in [0.29, 0.717) is 6.04 Å². The van der Waals surface area contributed by atoms with Gasteiger partial charge in [-0.1, -0.05) is 12.8 Å². The molecule has 1 saturated carbocycles. The van der Waals surface area contributed by atoms with Crippen LogP contribution in [-0.2, 0) is 6.54 Å². The SMILES string of the molecule is C[C@@H]1CNCCN1Cc1csc(C2CCCC2)n1. The Morgan fingerprint density at radius 1 is 1.44 bits per heavy atom. The van der Waals surface area contributed by atoms with Gasteiger partial charge >= 0.3 is 0 Å². The summed E-state index contributed by atoms with van der Waals surface area (Å²) in [5, 5.41) is 7.11. The molecule has 1 aliphatic heterocycles. The number of hydrogen-bond acceptors (Lipinski definition) is 4. The highest BCUT2D eigenvalue weighted by atomic mass is 32.1. The fourth-order valence-corrected chi connectivity index (χ4v) is 4.06. The van der Waals surface area contributed by atoms with Gasteiger partial charge in [0.1, 0.15) is 0 Å². The molecule has 18 heavy (non-hydrogen) atoms. The van der Waals surface area contributed by atoms with Gasteiger partial charge in [0.05, 0.1) is 10.7 Å². The number of nitrogens with zero attached hydrogens (tertiary/aromatic N) is 2. The Morgan fingerprint density at radius 2 is 2.28 bits per heavy atom. The van der Waals surface area contributed by atoms with Crippen LogP contribution in [0.3, 0.4) is 0 Å². The molecule has 2 fully saturated rings. The smallest absolute Gasteiger partial charge is 0.0959 e. The monoisotopic (exact) mass is 265 g/mol. The van der Waals surface area contributed by atoms with Crippen LogP contribution in [-0.4, -0.2) is 35.6 Å². The molecule has 1 aromatic rings. The van der Waals surface area contributed by atoms with Gasteiger partial charge in [-0.3, -0.25) is 4.90 Å². The summed E-state index contributed by atoms with van der Waals surface area (Å²) in [5.41, 5.74) is 1.29. The Bertz CT molecular complexity index is 384. The minimum absolute atomic E-state index is 0.635. The van der Waals surface area contributed by atoms with Crippen molar-refractivity contribution < 1.29 is 0 Å². The van der Waals surface area contributed by atoms with Crippen LogP contribution in [0.4, 0.5) is 0 Å². The molecule has 0 unspecified atom stereocenters. The number of hydrogen-bond donors (Lipinski definition) is 1. The molecule has 0 spiro atoms. The lowest BCUT2D eigenvalue weighted by Crippen LogP contribution is -2.49. The first-order valence-corrected chi connectivity index (χ1v) is 8.10. The van der Waals surface area contributed by atoms with Crippen LogP contribution in [0.15, 0.2) is 5.38 Å². The molecule has 2 heterocycles. The van der Waals surface area contributed by atoms with Crippen LogP contribution in [0.1, 0.15) is 49.2 Å². The lowest BCUT2D eigenvalue weighted by atomic mass is 10.1. The molecule has 0 bridgehead atoms. The molecule has 4 heteroatoms. The molecule has 1 saturated heterocycles. The van der Waals surface area contributed by atoms with Crippen LogP contribution in [0.2, 0.25) is 0 Å². The van der Waals surface area contributed by atoms with Crippen molar-refractivity contribution in [2.45, 2.75) is 51.1 Å². The van der Waals surface area contributed by atoms with E-state index in [2.05, 4.69) is 22.5 Å². The summed E-state index contributed by atoms with van der Waals surface area (Å²) in [6.45, 7) is 6.71. The van der Waals surface area contributed by atoms with Crippen LogP contribution < -0.4 is 5.32 Å². The Kier molecular flexibility index (Phi) is 3.97. The van der Waals surface area contributed by atoms with Crippen molar-refractivity contribution in [1.29, 1.82) is 0 Å². The molecule has 1 aromatic heterocycles. The molecule has 0 amide bonds. The summed E-state index contributed by atoms with van der Waals surface area (Å²) in [7, 11) is 0. The van der Waals surface area contributed by atoms with Crippen molar-refractivity contribution in [3.63, 3.8) is 0 Å². The fourth-order valence-electron chi connectivity index (χ4n) is 3.08. The molecule has 100 valence electrons. The third-order valence-electron chi connectivity index (χ3n) is 4.28. The minimum atomic E-state index is 0.635. The summed E-state index contributed by atoms with van der Waals surface area (Å²) in [4.78, 5) is 7.42. The van der Waals surface area contributed by atoms with E-state index in [1.54, 1.807) is 0 Å². The van der Waals surface area contributed by atoms with Gasteiger partial charge in [-0.15, -0.1) is 11.3 Å². The standard InChI is InChI=1S/C14H23N3S/c1-11-8-15-6-7-17(11)9-13-10-18-14(16-13)12-4-2-3-5-12/h10-12,15H,2-9H2,1H3/t11-/m1/s1. The van der Waals surface area contributed by atoms with Gasteiger partial charge in [0.25, 0.3) is 0 Å². The highest BCUT2D eigenvalue weighted by molar-refractivity contribution is 7.09. The first kappa shape index (κ1) is 12.6. The molecule has 3 rings (SSSR count). The summed E-state index contributed by atoms with van der Waals surface area (Å²) >= 11 is 1.88. The first-order valence-electron chi connectivity index (χ1n) is 7.22. The highest BCUT2D eigenvalue weighted by Gasteiger charge is 2.22. The second kappa shape index (κ2) is 5.68. The Balaban J connectivity index is 1.62. The van der Waals surface area contributed by atoms with Crippen molar-refractivity contribution in [2.75, 3.05) is 19.6 Å². The van der Waals surface area contributed by atoms with Gasteiger partial charge in [-0.2, -0.15) is 0 Å². The zero-order valence-corrected chi connectivity index (χ0v) is 12.0. The van der Waals surface area contributed by atoms with Crippen molar-refractivity contribution in [3.8, 4) is 0 Å². The normalized spacial score (nSPS) is 26.8.